The molecule has 1 saturated heterocycles. The number of carboxylic acid groups (broad SMARTS) is 1. The lowest BCUT2D eigenvalue weighted by Crippen LogP contribution is -2.61. The smallest absolute Gasteiger partial charge is 0.329 e. The average molecular weight is 298 g/mol. The van der Waals surface area contributed by atoms with Gasteiger partial charge in [0.15, 0.2) is 0 Å². The molecule has 2 unspecified atom stereocenters. The zero-order chi connectivity index (χ0) is 16.0. The number of carbonyl (C=O) groups is 2. The van der Waals surface area contributed by atoms with Crippen molar-refractivity contribution in [3.63, 3.8) is 0 Å². The maximum Gasteiger partial charge on any atom is 0.329 e. The zero-order valence-corrected chi connectivity index (χ0v) is 13.9. The highest BCUT2D eigenvalue weighted by Crippen LogP contribution is 2.30. The molecule has 5 nitrogen and oxygen atoms in total. The fraction of sp³-hybridized carbons (Fsp3) is 0.875. The van der Waals surface area contributed by atoms with Crippen LogP contribution in [0.2, 0.25) is 0 Å². The van der Waals surface area contributed by atoms with E-state index in [0.717, 1.165) is 32.1 Å². The van der Waals surface area contributed by atoms with Gasteiger partial charge in [0.25, 0.3) is 0 Å². The van der Waals surface area contributed by atoms with Crippen molar-refractivity contribution in [3.8, 4) is 0 Å². The molecule has 5 heteroatoms. The molecule has 1 heterocycles. The summed E-state index contributed by atoms with van der Waals surface area (Å²) in [6.07, 6.45) is 5.15. The lowest BCUT2D eigenvalue weighted by molar-refractivity contribution is -0.151. The molecular formula is C16H30N2O3. The van der Waals surface area contributed by atoms with Crippen molar-refractivity contribution in [2.75, 3.05) is 13.1 Å². The Morgan fingerprint density at radius 1 is 1.33 bits per heavy atom. The van der Waals surface area contributed by atoms with Gasteiger partial charge in [-0.3, -0.25) is 0 Å². The molecule has 122 valence electrons. The van der Waals surface area contributed by atoms with Crippen molar-refractivity contribution in [2.45, 2.75) is 77.8 Å². The van der Waals surface area contributed by atoms with Crippen LogP contribution >= 0.6 is 0 Å². The number of hydrogen-bond acceptors (Lipinski definition) is 2. The summed E-state index contributed by atoms with van der Waals surface area (Å²) in [6, 6.07) is 0.0337. The molecule has 0 aromatic carbocycles. The van der Waals surface area contributed by atoms with Crippen molar-refractivity contribution in [3.05, 3.63) is 0 Å². The summed E-state index contributed by atoms with van der Waals surface area (Å²) in [5.41, 5.74) is -1.06. The minimum atomic E-state index is -1.06. The van der Waals surface area contributed by atoms with Gasteiger partial charge in [-0.1, -0.05) is 20.3 Å². The summed E-state index contributed by atoms with van der Waals surface area (Å²) in [4.78, 5) is 28.0. The Labute approximate surface area is 128 Å². The van der Waals surface area contributed by atoms with Gasteiger partial charge in [0.05, 0.1) is 0 Å². The summed E-state index contributed by atoms with van der Waals surface area (Å²) >= 11 is 0. The fourth-order valence-electron chi connectivity index (χ4n) is 2.86. The standard InChI is InChI=1S/C16H30N2O3/c1-5-7-11-17(13(3)6-2)15(21)18-12-9-8-10-16(18,4)14(19)20/h13H,5-12H2,1-4H3,(H,19,20). The Hall–Kier alpha value is -1.26. The van der Waals surface area contributed by atoms with Gasteiger partial charge in [-0.2, -0.15) is 0 Å². The number of unbranched alkanes of at least 4 members (excludes halogenated alkanes) is 1. The van der Waals surface area contributed by atoms with Gasteiger partial charge in [-0.15, -0.1) is 0 Å². The number of piperidine rings is 1. The van der Waals surface area contributed by atoms with Crippen LogP contribution in [-0.2, 0) is 4.79 Å². The maximum absolute atomic E-state index is 12.9. The van der Waals surface area contributed by atoms with Crippen LogP contribution < -0.4 is 0 Å². The summed E-state index contributed by atoms with van der Waals surface area (Å²) in [7, 11) is 0. The molecular weight excluding hydrogens is 268 g/mol. The Bertz CT molecular complexity index is 373. The molecule has 1 aliphatic rings. The number of likely N-dealkylation sites (tertiary alicyclic amines) is 1. The minimum absolute atomic E-state index is 0.109. The number of nitrogens with zero attached hydrogens (tertiary/aromatic N) is 2. The van der Waals surface area contributed by atoms with Crippen LogP contribution in [0.3, 0.4) is 0 Å². The first-order valence-corrected chi connectivity index (χ1v) is 8.20. The second-order valence-electron chi connectivity index (χ2n) is 6.27. The second kappa shape index (κ2) is 7.66. The van der Waals surface area contributed by atoms with E-state index in [1.807, 2.05) is 11.8 Å². The Morgan fingerprint density at radius 3 is 2.52 bits per heavy atom. The van der Waals surface area contributed by atoms with Crippen molar-refractivity contribution in [2.24, 2.45) is 0 Å². The molecule has 1 fully saturated rings. The van der Waals surface area contributed by atoms with Crippen LogP contribution in [0.1, 0.15) is 66.2 Å². The maximum atomic E-state index is 12.9. The molecule has 0 aromatic heterocycles. The molecule has 1 rings (SSSR count). The number of amides is 2. The van der Waals surface area contributed by atoms with E-state index in [4.69, 9.17) is 0 Å². The predicted octanol–water partition coefficient (Wildman–Crippen LogP) is 3.34. The molecule has 0 spiro atoms. The normalized spacial score (nSPS) is 23.7. The average Bonchev–Trinajstić information content (AvgIpc) is 2.47. The molecule has 2 amide bonds. The van der Waals surface area contributed by atoms with Gasteiger partial charge >= 0.3 is 12.0 Å². The number of hydrogen-bond donors (Lipinski definition) is 1. The van der Waals surface area contributed by atoms with Crippen LogP contribution in [0, 0.1) is 0 Å². The van der Waals surface area contributed by atoms with E-state index < -0.39 is 11.5 Å². The summed E-state index contributed by atoms with van der Waals surface area (Å²) in [6.45, 7) is 9.12. The van der Waals surface area contributed by atoms with Crippen LogP contribution in [0.5, 0.6) is 0 Å². The first-order valence-electron chi connectivity index (χ1n) is 8.20. The number of urea groups is 1. The lowest BCUT2D eigenvalue weighted by Gasteiger charge is -2.45. The number of aliphatic carboxylic acids is 1. The third-order valence-corrected chi connectivity index (χ3v) is 4.70. The minimum Gasteiger partial charge on any atom is -0.480 e. The molecule has 0 aliphatic carbocycles. The number of rotatable bonds is 6. The van der Waals surface area contributed by atoms with E-state index in [1.165, 1.54) is 0 Å². The van der Waals surface area contributed by atoms with Gasteiger partial charge in [0.2, 0.25) is 0 Å². The van der Waals surface area contributed by atoms with E-state index in [9.17, 15) is 14.7 Å². The highest BCUT2D eigenvalue weighted by Gasteiger charge is 2.45. The predicted molar refractivity (Wildman–Crippen MR) is 83.4 cm³/mol. The Balaban J connectivity index is 2.96. The topological polar surface area (TPSA) is 60.9 Å². The van der Waals surface area contributed by atoms with Crippen molar-refractivity contribution >= 4 is 12.0 Å². The highest BCUT2D eigenvalue weighted by atomic mass is 16.4. The van der Waals surface area contributed by atoms with Crippen molar-refractivity contribution in [1.29, 1.82) is 0 Å². The van der Waals surface area contributed by atoms with E-state index in [-0.39, 0.29) is 12.1 Å². The third kappa shape index (κ3) is 3.89. The molecule has 0 radical (unpaired) electrons. The fourth-order valence-corrected chi connectivity index (χ4v) is 2.86. The van der Waals surface area contributed by atoms with Gasteiger partial charge in [-0.25, -0.2) is 9.59 Å². The van der Waals surface area contributed by atoms with Gasteiger partial charge in [-0.05, 0) is 46.0 Å². The largest absolute Gasteiger partial charge is 0.480 e. The Kier molecular flexibility index (Phi) is 6.49. The highest BCUT2D eigenvalue weighted by molar-refractivity contribution is 5.86. The van der Waals surface area contributed by atoms with Crippen LogP contribution in [-0.4, -0.2) is 51.6 Å². The second-order valence-corrected chi connectivity index (χ2v) is 6.27. The quantitative estimate of drug-likeness (QED) is 0.818. The van der Waals surface area contributed by atoms with Gasteiger partial charge in [0, 0.05) is 19.1 Å². The first kappa shape index (κ1) is 17.8. The van der Waals surface area contributed by atoms with Crippen LogP contribution in [0.25, 0.3) is 0 Å². The molecule has 21 heavy (non-hydrogen) atoms. The van der Waals surface area contributed by atoms with Crippen LogP contribution in [0.15, 0.2) is 0 Å². The third-order valence-electron chi connectivity index (χ3n) is 4.70. The molecule has 0 saturated carbocycles. The first-order chi connectivity index (χ1) is 9.88. The van der Waals surface area contributed by atoms with E-state index in [1.54, 1.807) is 11.8 Å². The Morgan fingerprint density at radius 2 is 2.00 bits per heavy atom. The van der Waals surface area contributed by atoms with E-state index >= 15 is 0 Å². The molecule has 2 atom stereocenters. The molecule has 0 bridgehead atoms. The van der Waals surface area contributed by atoms with Crippen molar-refractivity contribution < 1.29 is 14.7 Å². The molecule has 1 N–H and O–H groups in total. The number of carboxylic acids is 1. The van der Waals surface area contributed by atoms with Gasteiger partial charge < -0.3 is 14.9 Å². The number of carbonyl (C=O) groups excluding carboxylic acids is 1. The summed E-state index contributed by atoms with van der Waals surface area (Å²) in [5, 5.41) is 9.56. The van der Waals surface area contributed by atoms with Gasteiger partial charge in [0.1, 0.15) is 5.54 Å². The lowest BCUT2D eigenvalue weighted by atomic mass is 9.88. The van der Waals surface area contributed by atoms with E-state index in [2.05, 4.69) is 13.8 Å². The van der Waals surface area contributed by atoms with E-state index in [0.29, 0.717) is 19.5 Å². The molecule has 0 aromatic rings. The van der Waals surface area contributed by atoms with Crippen LogP contribution in [0.4, 0.5) is 4.79 Å². The SMILES string of the molecule is CCCCN(C(=O)N1CCCCC1(C)C(=O)O)C(C)CC. The molecule has 1 aliphatic heterocycles. The monoisotopic (exact) mass is 298 g/mol. The summed E-state index contributed by atoms with van der Waals surface area (Å²) in [5.74, 6) is -0.893. The van der Waals surface area contributed by atoms with Crippen molar-refractivity contribution in [1.82, 2.24) is 9.80 Å². The zero-order valence-electron chi connectivity index (χ0n) is 13.9. The summed E-state index contributed by atoms with van der Waals surface area (Å²) < 4.78 is 0.